The summed E-state index contributed by atoms with van der Waals surface area (Å²) in [4.78, 5) is 0. The molecule has 0 aliphatic heterocycles. The van der Waals surface area contributed by atoms with Gasteiger partial charge in [0.25, 0.3) is 0 Å². The highest BCUT2D eigenvalue weighted by atomic mass is 19.3. The monoisotopic (exact) mass is 152 g/mol. The van der Waals surface area contributed by atoms with Crippen LogP contribution in [0.3, 0.4) is 0 Å². The molecule has 0 aromatic heterocycles. The van der Waals surface area contributed by atoms with Crippen LogP contribution in [0.1, 0.15) is 20.3 Å². The summed E-state index contributed by atoms with van der Waals surface area (Å²) < 4.78 is 28.5. The van der Waals surface area contributed by atoms with Gasteiger partial charge < -0.3 is 4.74 Å². The molecular formula is C7H14F2O. The normalized spacial score (nSPS) is 14.1. The molecule has 0 rings (SSSR count). The average molecular weight is 152 g/mol. The van der Waals surface area contributed by atoms with Crippen molar-refractivity contribution in [1.82, 2.24) is 0 Å². The summed E-state index contributed by atoms with van der Waals surface area (Å²) in [5.74, 6) is -0.536. The lowest BCUT2D eigenvalue weighted by molar-refractivity contribution is 0.0555. The summed E-state index contributed by atoms with van der Waals surface area (Å²) >= 11 is 0. The minimum absolute atomic E-state index is 0.446. The molecule has 0 spiro atoms. The van der Waals surface area contributed by atoms with E-state index in [1.807, 2.05) is 6.92 Å². The molecule has 0 saturated carbocycles. The molecule has 1 unspecified atom stereocenters. The van der Waals surface area contributed by atoms with E-state index in [1.54, 1.807) is 0 Å². The van der Waals surface area contributed by atoms with Crippen LogP contribution in [0.2, 0.25) is 0 Å². The van der Waals surface area contributed by atoms with E-state index >= 15 is 0 Å². The molecular weight excluding hydrogens is 138 g/mol. The first-order valence-corrected chi connectivity index (χ1v) is 3.54. The van der Waals surface area contributed by atoms with Crippen molar-refractivity contribution in [2.45, 2.75) is 26.7 Å². The van der Waals surface area contributed by atoms with E-state index in [9.17, 15) is 8.78 Å². The zero-order valence-electron chi connectivity index (χ0n) is 6.44. The largest absolute Gasteiger partial charge is 0.382 e. The van der Waals surface area contributed by atoms with Crippen molar-refractivity contribution >= 4 is 0 Å². The molecule has 0 N–H and O–H groups in total. The van der Waals surface area contributed by atoms with Crippen LogP contribution >= 0.6 is 0 Å². The minimum Gasteiger partial charge on any atom is -0.382 e. The molecule has 0 aromatic rings. The SMILES string of the molecule is CCOCCC(C)C(F)F. The molecule has 0 heterocycles. The third kappa shape index (κ3) is 4.68. The molecule has 62 valence electrons. The highest BCUT2D eigenvalue weighted by Crippen LogP contribution is 2.12. The standard InChI is InChI=1S/C7H14F2O/c1-3-10-5-4-6(2)7(8)9/h6-7H,3-5H2,1-2H3. The minimum atomic E-state index is -2.21. The van der Waals surface area contributed by atoms with Gasteiger partial charge in [0, 0.05) is 19.1 Å². The van der Waals surface area contributed by atoms with Crippen LogP contribution in [0.5, 0.6) is 0 Å². The summed E-state index contributed by atoms with van der Waals surface area (Å²) in [5, 5.41) is 0. The predicted molar refractivity (Wildman–Crippen MR) is 36.3 cm³/mol. The fourth-order valence-electron chi connectivity index (χ4n) is 0.540. The molecule has 10 heavy (non-hydrogen) atoms. The highest BCUT2D eigenvalue weighted by molar-refractivity contribution is 4.53. The van der Waals surface area contributed by atoms with Crippen molar-refractivity contribution in [2.24, 2.45) is 5.92 Å². The summed E-state index contributed by atoms with van der Waals surface area (Å²) in [5.41, 5.74) is 0. The van der Waals surface area contributed by atoms with Gasteiger partial charge >= 0.3 is 0 Å². The number of alkyl halides is 2. The maximum absolute atomic E-state index is 11.8. The van der Waals surface area contributed by atoms with Gasteiger partial charge in [0.1, 0.15) is 0 Å². The van der Waals surface area contributed by atoms with Gasteiger partial charge in [0.2, 0.25) is 6.43 Å². The highest BCUT2D eigenvalue weighted by Gasteiger charge is 2.13. The van der Waals surface area contributed by atoms with Crippen LogP contribution in [0.25, 0.3) is 0 Å². The Balaban J connectivity index is 3.13. The quantitative estimate of drug-likeness (QED) is 0.549. The van der Waals surface area contributed by atoms with Crippen LogP contribution < -0.4 is 0 Å². The van der Waals surface area contributed by atoms with Gasteiger partial charge in [0.05, 0.1) is 0 Å². The van der Waals surface area contributed by atoms with Crippen LogP contribution in [-0.2, 0) is 4.74 Å². The van der Waals surface area contributed by atoms with Crippen LogP contribution in [0.15, 0.2) is 0 Å². The second kappa shape index (κ2) is 5.59. The Morgan fingerprint density at radius 1 is 1.40 bits per heavy atom. The molecule has 0 radical (unpaired) electrons. The fraction of sp³-hybridized carbons (Fsp3) is 1.00. The van der Waals surface area contributed by atoms with E-state index in [0.717, 1.165) is 0 Å². The van der Waals surface area contributed by atoms with E-state index in [0.29, 0.717) is 19.6 Å². The zero-order valence-corrected chi connectivity index (χ0v) is 6.44. The molecule has 0 bridgehead atoms. The fourth-order valence-corrected chi connectivity index (χ4v) is 0.540. The molecule has 0 aliphatic carbocycles. The van der Waals surface area contributed by atoms with Gasteiger partial charge in [-0.15, -0.1) is 0 Å². The third-order valence-electron chi connectivity index (χ3n) is 1.35. The summed E-state index contributed by atoms with van der Waals surface area (Å²) in [7, 11) is 0. The van der Waals surface area contributed by atoms with Gasteiger partial charge in [-0.2, -0.15) is 0 Å². The Morgan fingerprint density at radius 2 is 2.00 bits per heavy atom. The lowest BCUT2D eigenvalue weighted by Gasteiger charge is -2.08. The first kappa shape index (κ1) is 9.82. The van der Waals surface area contributed by atoms with Crippen molar-refractivity contribution in [3.05, 3.63) is 0 Å². The molecule has 0 saturated heterocycles. The average Bonchev–Trinajstić information content (AvgIpc) is 1.88. The lowest BCUT2D eigenvalue weighted by atomic mass is 10.1. The van der Waals surface area contributed by atoms with Gasteiger partial charge in [-0.3, -0.25) is 0 Å². The van der Waals surface area contributed by atoms with Crippen LogP contribution in [-0.4, -0.2) is 19.6 Å². The van der Waals surface area contributed by atoms with Gasteiger partial charge in [-0.05, 0) is 13.3 Å². The molecule has 0 amide bonds. The second-order valence-electron chi connectivity index (χ2n) is 2.30. The molecule has 3 heteroatoms. The summed E-state index contributed by atoms with van der Waals surface area (Å²) in [6.07, 6.45) is -1.76. The Hall–Kier alpha value is -0.180. The Labute approximate surface area is 60.4 Å². The first-order chi connectivity index (χ1) is 4.68. The third-order valence-corrected chi connectivity index (χ3v) is 1.35. The van der Waals surface area contributed by atoms with Gasteiger partial charge in [-0.1, -0.05) is 6.92 Å². The van der Waals surface area contributed by atoms with E-state index in [2.05, 4.69) is 0 Å². The molecule has 0 aromatic carbocycles. The predicted octanol–water partition coefficient (Wildman–Crippen LogP) is 2.31. The van der Waals surface area contributed by atoms with E-state index in [1.165, 1.54) is 6.92 Å². The Morgan fingerprint density at radius 3 is 2.40 bits per heavy atom. The molecule has 1 atom stereocenters. The number of hydrogen-bond acceptors (Lipinski definition) is 1. The summed E-state index contributed by atoms with van der Waals surface area (Å²) in [6, 6.07) is 0. The Bertz CT molecular complexity index is 76.0. The number of hydrogen-bond donors (Lipinski definition) is 0. The first-order valence-electron chi connectivity index (χ1n) is 3.54. The van der Waals surface area contributed by atoms with E-state index < -0.39 is 12.3 Å². The Kier molecular flexibility index (Phi) is 5.49. The van der Waals surface area contributed by atoms with Crippen molar-refractivity contribution in [3.8, 4) is 0 Å². The van der Waals surface area contributed by atoms with Crippen molar-refractivity contribution < 1.29 is 13.5 Å². The van der Waals surface area contributed by atoms with Crippen molar-refractivity contribution in [1.29, 1.82) is 0 Å². The topological polar surface area (TPSA) is 9.23 Å². The lowest BCUT2D eigenvalue weighted by Crippen LogP contribution is -2.09. The summed E-state index contributed by atoms with van der Waals surface area (Å²) in [6.45, 7) is 4.44. The zero-order chi connectivity index (χ0) is 7.98. The van der Waals surface area contributed by atoms with E-state index in [-0.39, 0.29) is 0 Å². The van der Waals surface area contributed by atoms with E-state index in [4.69, 9.17) is 4.74 Å². The maximum Gasteiger partial charge on any atom is 0.241 e. The molecule has 0 aliphatic rings. The van der Waals surface area contributed by atoms with Crippen molar-refractivity contribution in [2.75, 3.05) is 13.2 Å². The number of halogens is 2. The smallest absolute Gasteiger partial charge is 0.241 e. The number of rotatable bonds is 5. The van der Waals surface area contributed by atoms with Crippen LogP contribution in [0.4, 0.5) is 8.78 Å². The molecule has 1 nitrogen and oxygen atoms in total. The second-order valence-corrected chi connectivity index (χ2v) is 2.30. The van der Waals surface area contributed by atoms with Gasteiger partial charge in [0.15, 0.2) is 0 Å². The molecule has 0 fully saturated rings. The van der Waals surface area contributed by atoms with Crippen LogP contribution in [0, 0.1) is 5.92 Å². The van der Waals surface area contributed by atoms with Crippen molar-refractivity contribution in [3.63, 3.8) is 0 Å². The van der Waals surface area contributed by atoms with Gasteiger partial charge in [-0.25, -0.2) is 8.78 Å². The number of ether oxygens (including phenoxy) is 1. The maximum atomic E-state index is 11.8.